The summed E-state index contributed by atoms with van der Waals surface area (Å²) in [6, 6.07) is 11.4. The summed E-state index contributed by atoms with van der Waals surface area (Å²) >= 11 is 0. The molecule has 0 aliphatic heterocycles. The maximum atomic E-state index is 12.2. The zero-order valence-electron chi connectivity index (χ0n) is 19.3. The number of fused-ring (bicyclic) bond motifs is 3. The lowest BCUT2D eigenvalue weighted by Crippen LogP contribution is -2.22. The van der Waals surface area contributed by atoms with Crippen LogP contribution in [0.25, 0.3) is 16.7 Å². The fourth-order valence-electron chi connectivity index (χ4n) is 3.65. The molecule has 1 unspecified atom stereocenters. The van der Waals surface area contributed by atoms with E-state index in [4.69, 9.17) is 14.6 Å². The van der Waals surface area contributed by atoms with Gasteiger partial charge in [0.1, 0.15) is 13.2 Å². The fourth-order valence-corrected chi connectivity index (χ4v) is 3.65. The summed E-state index contributed by atoms with van der Waals surface area (Å²) in [6.45, 7) is 8.67. The molecule has 7 heteroatoms. The molecule has 0 saturated carbocycles. The Balaban J connectivity index is 1.63. The molecule has 1 aliphatic carbocycles. The molecule has 0 heterocycles. The van der Waals surface area contributed by atoms with Gasteiger partial charge in [-0.15, -0.1) is 0 Å². The van der Waals surface area contributed by atoms with Crippen molar-refractivity contribution in [1.82, 2.24) is 0 Å². The number of aliphatic hydroxyl groups is 1. The van der Waals surface area contributed by atoms with Crippen molar-refractivity contribution in [2.24, 2.45) is 0 Å². The van der Waals surface area contributed by atoms with E-state index in [1.54, 1.807) is 0 Å². The second-order valence-corrected chi connectivity index (χ2v) is 8.14. The Kier molecular flexibility index (Phi) is 8.77. The minimum Gasteiger partial charge on any atom is -0.396 e. The number of benzene rings is 2. The van der Waals surface area contributed by atoms with Crippen LogP contribution in [0.1, 0.15) is 44.2 Å². The van der Waals surface area contributed by atoms with E-state index in [0.29, 0.717) is 24.4 Å². The highest BCUT2D eigenvalue weighted by atomic mass is 16.5. The summed E-state index contributed by atoms with van der Waals surface area (Å²) in [5.41, 5.74) is 6.12. The van der Waals surface area contributed by atoms with Crippen molar-refractivity contribution in [2.45, 2.75) is 39.2 Å². The molecule has 0 radical (unpaired) electrons. The molecule has 2 amide bonds. The molecule has 0 spiro atoms. The Morgan fingerprint density at radius 1 is 0.970 bits per heavy atom. The lowest BCUT2D eigenvalue weighted by atomic mass is 10.0. The summed E-state index contributed by atoms with van der Waals surface area (Å²) in [6.07, 6.45) is 2.26. The first-order chi connectivity index (χ1) is 15.9. The van der Waals surface area contributed by atoms with E-state index in [9.17, 15) is 9.59 Å². The molecule has 3 N–H and O–H groups in total. The molecule has 2 aromatic rings. The number of carbonyl (C=O) groups is 2. The number of ether oxygens (including phenoxy) is 2. The third-order valence-electron chi connectivity index (χ3n) is 5.46. The van der Waals surface area contributed by atoms with Crippen LogP contribution in [-0.2, 0) is 19.1 Å². The molecule has 0 saturated heterocycles. The number of rotatable bonds is 12. The van der Waals surface area contributed by atoms with Crippen molar-refractivity contribution in [3.8, 4) is 11.1 Å². The number of carbonyl (C=O) groups excluding carboxylic acids is 2. The normalized spacial score (nSPS) is 12.8. The van der Waals surface area contributed by atoms with Crippen molar-refractivity contribution in [2.75, 3.05) is 37.1 Å². The van der Waals surface area contributed by atoms with Crippen LogP contribution in [0.3, 0.4) is 0 Å². The van der Waals surface area contributed by atoms with Crippen LogP contribution in [0.15, 0.2) is 43.0 Å². The van der Waals surface area contributed by atoms with Crippen LogP contribution in [0.5, 0.6) is 0 Å². The van der Waals surface area contributed by atoms with E-state index in [1.165, 1.54) is 0 Å². The minimum atomic E-state index is -0.257. The summed E-state index contributed by atoms with van der Waals surface area (Å²) in [5.74, 6) is -0.445. The number of nitrogens with one attached hydrogen (secondary N) is 2. The zero-order chi connectivity index (χ0) is 23.8. The molecule has 7 nitrogen and oxygen atoms in total. The van der Waals surface area contributed by atoms with Crippen molar-refractivity contribution in [3.63, 3.8) is 0 Å². The molecule has 1 atom stereocenters. The van der Waals surface area contributed by atoms with Gasteiger partial charge in [-0.1, -0.05) is 32.1 Å². The lowest BCUT2D eigenvalue weighted by molar-refractivity contribution is -0.122. The number of aliphatic hydroxyl groups excluding tert-OH is 1. The van der Waals surface area contributed by atoms with Gasteiger partial charge < -0.3 is 25.2 Å². The highest BCUT2D eigenvalue weighted by Gasteiger charge is 2.23. The van der Waals surface area contributed by atoms with E-state index in [2.05, 4.69) is 24.1 Å². The standard InChI is InChI=1S/C26H32N2O5/c1-4-5-12-32-15-25(30)27-19-6-8-21-22-9-7-20(14-24(22)18(3)23(21)13-19)28-26(31)16-33-17(2)10-11-29/h6-9,13-14,17,29H,3-5,10-12,15-16H2,1-2H3,(H,27,30)(H,28,31). The highest BCUT2D eigenvalue weighted by molar-refractivity contribution is 6.04. The Morgan fingerprint density at radius 3 is 2.09 bits per heavy atom. The van der Waals surface area contributed by atoms with E-state index in [-0.39, 0.29) is 37.7 Å². The summed E-state index contributed by atoms with van der Waals surface area (Å²) < 4.78 is 10.8. The van der Waals surface area contributed by atoms with Crippen LogP contribution in [0, 0.1) is 0 Å². The van der Waals surface area contributed by atoms with E-state index in [1.807, 2.05) is 43.3 Å². The number of hydrogen-bond donors (Lipinski definition) is 3. The molecule has 0 fully saturated rings. The lowest BCUT2D eigenvalue weighted by Gasteiger charge is -2.12. The van der Waals surface area contributed by atoms with E-state index >= 15 is 0 Å². The molecular formula is C26H32N2O5. The predicted octanol–water partition coefficient (Wildman–Crippen LogP) is 4.21. The van der Waals surface area contributed by atoms with Gasteiger partial charge >= 0.3 is 0 Å². The summed E-state index contributed by atoms with van der Waals surface area (Å²) in [4.78, 5) is 24.3. The number of unbranched alkanes of at least 4 members (excludes halogenated alkanes) is 1. The van der Waals surface area contributed by atoms with E-state index in [0.717, 1.165) is 40.7 Å². The third kappa shape index (κ3) is 6.51. The van der Waals surface area contributed by atoms with Gasteiger partial charge in [0, 0.05) is 24.6 Å². The maximum absolute atomic E-state index is 12.2. The molecule has 33 heavy (non-hydrogen) atoms. The largest absolute Gasteiger partial charge is 0.396 e. The van der Waals surface area contributed by atoms with Gasteiger partial charge in [0.2, 0.25) is 11.8 Å². The average Bonchev–Trinajstić information content (AvgIpc) is 3.07. The Hall–Kier alpha value is -3.00. The predicted molar refractivity (Wildman–Crippen MR) is 130 cm³/mol. The maximum Gasteiger partial charge on any atom is 0.250 e. The van der Waals surface area contributed by atoms with Crippen LogP contribution in [0.4, 0.5) is 11.4 Å². The molecule has 0 bridgehead atoms. The molecule has 0 aromatic heterocycles. The first-order valence-corrected chi connectivity index (χ1v) is 11.3. The molecule has 3 rings (SSSR count). The highest BCUT2D eigenvalue weighted by Crippen LogP contribution is 2.45. The number of anilines is 2. The Labute approximate surface area is 194 Å². The van der Waals surface area contributed by atoms with Crippen LogP contribution in [0.2, 0.25) is 0 Å². The topological polar surface area (TPSA) is 96.9 Å². The third-order valence-corrected chi connectivity index (χ3v) is 5.46. The summed E-state index contributed by atoms with van der Waals surface area (Å²) in [5, 5.41) is 14.6. The second kappa shape index (κ2) is 11.7. The van der Waals surface area contributed by atoms with Crippen molar-refractivity contribution in [1.29, 1.82) is 0 Å². The van der Waals surface area contributed by atoms with Crippen LogP contribution in [-0.4, -0.2) is 49.5 Å². The van der Waals surface area contributed by atoms with Gasteiger partial charge in [0.25, 0.3) is 0 Å². The van der Waals surface area contributed by atoms with Crippen molar-refractivity contribution >= 4 is 28.8 Å². The first-order valence-electron chi connectivity index (χ1n) is 11.3. The average molecular weight is 453 g/mol. The zero-order valence-corrected chi connectivity index (χ0v) is 19.3. The first kappa shape index (κ1) is 24.6. The van der Waals surface area contributed by atoms with Gasteiger partial charge in [-0.05, 0) is 71.9 Å². The van der Waals surface area contributed by atoms with Crippen LogP contribution < -0.4 is 10.6 Å². The van der Waals surface area contributed by atoms with Crippen LogP contribution >= 0.6 is 0 Å². The fraction of sp³-hybridized carbons (Fsp3) is 0.385. The minimum absolute atomic E-state index is 0.0222. The quantitative estimate of drug-likeness (QED) is 0.358. The smallest absolute Gasteiger partial charge is 0.250 e. The molecular weight excluding hydrogens is 420 g/mol. The Bertz CT molecular complexity index is 1020. The van der Waals surface area contributed by atoms with Gasteiger partial charge in [-0.25, -0.2) is 0 Å². The number of hydrogen-bond acceptors (Lipinski definition) is 5. The molecule has 1 aliphatic rings. The van der Waals surface area contributed by atoms with Gasteiger partial charge in [-0.3, -0.25) is 9.59 Å². The molecule has 176 valence electrons. The molecule has 2 aromatic carbocycles. The monoisotopic (exact) mass is 452 g/mol. The summed E-state index contributed by atoms with van der Waals surface area (Å²) in [7, 11) is 0. The van der Waals surface area contributed by atoms with Crippen molar-refractivity contribution < 1.29 is 24.2 Å². The SMILES string of the molecule is C=C1c2cc(NC(=O)COCCCC)ccc2-c2ccc(NC(=O)COC(C)CCO)cc21. The van der Waals surface area contributed by atoms with Gasteiger partial charge in [0.05, 0.1) is 6.10 Å². The van der Waals surface area contributed by atoms with Crippen molar-refractivity contribution in [3.05, 3.63) is 54.1 Å². The second-order valence-electron chi connectivity index (χ2n) is 8.14. The Morgan fingerprint density at radius 2 is 1.55 bits per heavy atom. The van der Waals surface area contributed by atoms with Gasteiger partial charge in [0.15, 0.2) is 0 Å². The number of amides is 2. The van der Waals surface area contributed by atoms with E-state index < -0.39 is 0 Å². The van der Waals surface area contributed by atoms with Gasteiger partial charge in [-0.2, -0.15) is 0 Å².